The maximum Gasteiger partial charge on any atom is 0.255 e. The van der Waals surface area contributed by atoms with Gasteiger partial charge in [0.1, 0.15) is 12.4 Å². The van der Waals surface area contributed by atoms with Crippen LogP contribution in [-0.4, -0.2) is 54.7 Å². The standard InChI is InChI=1S/C24H30N2O3S/c1-18-15-19(16-26-10-13-30-14-11-26)4-9-23(18)25-24(27)20-5-7-21(8-6-20)29-17-22-3-2-12-28-22/h4-9,15,22H,2-3,10-14,16-17H2,1H3,(H,25,27). The van der Waals surface area contributed by atoms with Crippen molar-refractivity contribution in [3.05, 3.63) is 59.2 Å². The number of hydrogen-bond donors (Lipinski definition) is 1. The fraction of sp³-hybridized carbons (Fsp3) is 0.458. The lowest BCUT2D eigenvalue weighted by molar-refractivity contribution is 0.0679. The fourth-order valence-corrected chi connectivity index (χ4v) is 4.82. The van der Waals surface area contributed by atoms with Gasteiger partial charge in [-0.15, -0.1) is 0 Å². The molecular weight excluding hydrogens is 396 g/mol. The summed E-state index contributed by atoms with van der Waals surface area (Å²) in [7, 11) is 0. The molecule has 30 heavy (non-hydrogen) atoms. The van der Waals surface area contributed by atoms with E-state index in [2.05, 4.69) is 22.3 Å². The van der Waals surface area contributed by atoms with E-state index in [4.69, 9.17) is 9.47 Å². The summed E-state index contributed by atoms with van der Waals surface area (Å²) >= 11 is 2.03. The van der Waals surface area contributed by atoms with Crippen LogP contribution in [0.1, 0.15) is 34.3 Å². The molecule has 2 saturated heterocycles. The van der Waals surface area contributed by atoms with Crippen molar-refractivity contribution in [3.8, 4) is 5.75 Å². The molecule has 2 aromatic carbocycles. The third-order valence-corrected chi connectivity index (χ3v) is 6.57. The summed E-state index contributed by atoms with van der Waals surface area (Å²) in [5.74, 6) is 3.08. The lowest BCUT2D eigenvalue weighted by Crippen LogP contribution is -2.31. The second kappa shape index (κ2) is 10.3. The van der Waals surface area contributed by atoms with Crippen molar-refractivity contribution in [2.24, 2.45) is 0 Å². The van der Waals surface area contributed by atoms with Gasteiger partial charge in [-0.05, 0) is 61.2 Å². The molecule has 2 fully saturated rings. The van der Waals surface area contributed by atoms with Crippen molar-refractivity contribution in [2.45, 2.75) is 32.4 Å². The summed E-state index contributed by atoms with van der Waals surface area (Å²) in [6, 6.07) is 13.6. The van der Waals surface area contributed by atoms with Crippen molar-refractivity contribution in [1.82, 2.24) is 4.90 Å². The zero-order chi connectivity index (χ0) is 20.8. The van der Waals surface area contributed by atoms with Crippen molar-refractivity contribution in [3.63, 3.8) is 0 Å². The van der Waals surface area contributed by atoms with Gasteiger partial charge in [-0.2, -0.15) is 11.8 Å². The van der Waals surface area contributed by atoms with E-state index in [1.165, 1.54) is 17.1 Å². The number of benzene rings is 2. The van der Waals surface area contributed by atoms with E-state index in [0.717, 1.165) is 56.1 Å². The zero-order valence-electron chi connectivity index (χ0n) is 17.6. The molecule has 0 spiro atoms. The number of anilines is 1. The first-order valence-electron chi connectivity index (χ1n) is 10.7. The van der Waals surface area contributed by atoms with Crippen LogP contribution in [0.3, 0.4) is 0 Å². The minimum Gasteiger partial charge on any atom is -0.491 e. The molecule has 1 unspecified atom stereocenters. The summed E-state index contributed by atoms with van der Waals surface area (Å²) in [6.07, 6.45) is 2.34. The van der Waals surface area contributed by atoms with Gasteiger partial charge >= 0.3 is 0 Å². The van der Waals surface area contributed by atoms with Gasteiger partial charge in [0, 0.05) is 49.0 Å². The topological polar surface area (TPSA) is 50.8 Å². The van der Waals surface area contributed by atoms with Gasteiger partial charge in [-0.25, -0.2) is 0 Å². The van der Waals surface area contributed by atoms with Crippen molar-refractivity contribution >= 4 is 23.4 Å². The average molecular weight is 427 g/mol. The summed E-state index contributed by atoms with van der Waals surface area (Å²) in [6.45, 7) is 6.71. The van der Waals surface area contributed by atoms with Gasteiger partial charge in [-0.3, -0.25) is 9.69 Å². The molecule has 2 aromatic rings. The molecule has 1 atom stereocenters. The number of carbonyl (C=O) groups is 1. The van der Waals surface area contributed by atoms with Gasteiger partial charge in [-0.1, -0.05) is 12.1 Å². The van der Waals surface area contributed by atoms with E-state index >= 15 is 0 Å². The number of amides is 1. The van der Waals surface area contributed by atoms with Crippen LogP contribution < -0.4 is 10.1 Å². The molecule has 5 nitrogen and oxygen atoms in total. The molecule has 0 radical (unpaired) electrons. The van der Waals surface area contributed by atoms with Gasteiger partial charge in [0.15, 0.2) is 0 Å². The van der Waals surface area contributed by atoms with E-state index in [0.29, 0.717) is 12.2 Å². The van der Waals surface area contributed by atoms with Crippen molar-refractivity contribution in [1.29, 1.82) is 0 Å². The SMILES string of the molecule is Cc1cc(CN2CCSCC2)ccc1NC(=O)c1ccc(OCC2CCCO2)cc1. The Hall–Kier alpha value is -2.02. The molecule has 0 bridgehead atoms. The molecule has 160 valence electrons. The number of nitrogens with zero attached hydrogens (tertiary/aromatic N) is 1. The number of ether oxygens (including phenoxy) is 2. The van der Waals surface area contributed by atoms with Crippen LogP contribution in [0.2, 0.25) is 0 Å². The Kier molecular flexibility index (Phi) is 7.31. The Bertz CT molecular complexity index is 844. The molecule has 1 amide bonds. The van der Waals surface area contributed by atoms with Crippen LogP contribution >= 0.6 is 11.8 Å². The molecule has 1 N–H and O–H groups in total. The largest absolute Gasteiger partial charge is 0.491 e. The predicted molar refractivity (Wildman–Crippen MR) is 123 cm³/mol. The van der Waals surface area contributed by atoms with Crippen LogP contribution in [0.4, 0.5) is 5.69 Å². The summed E-state index contributed by atoms with van der Waals surface area (Å²) in [5, 5.41) is 3.04. The van der Waals surface area contributed by atoms with Crippen LogP contribution in [-0.2, 0) is 11.3 Å². The molecule has 0 aromatic heterocycles. The van der Waals surface area contributed by atoms with E-state index in [-0.39, 0.29) is 12.0 Å². The normalized spacial score (nSPS) is 19.6. The first kappa shape index (κ1) is 21.2. The van der Waals surface area contributed by atoms with E-state index in [1.807, 2.05) is 36.9 Å². The number of nitrogens with one attached hydrogen (secondary N) is 1. The number of rotatable bonds is 7. The maximum absolute atomic E-state index is 12.7. The third-order valence-electron chi connectivity index (χ3n) is 5.63. The van der Waals surface area contributed by atoms with Crippen molar-refractivity contribution in [2.75, 3.05) is 43.1 Å². The highest BCUT2D eigenvalue weighted by Gasteiger charge is 2.16. The third kappa shape index (κ3) is 5.78. The highest BCUT2D eigenvalue weighted by molar-refractivity contribution is 7.99. The molecule has 2 aliphatic heterocycles. The minimum absolute atomic E-state index is 0.107. The number of hydrogen-bond acceptors (Lipinski definition) is 5. The van der Waals surface area contributed by atoms with Gasteiger partial charge in [0.2, 0.25) is 0 Å². The first-order valence-corrected chi connectivity index (χ1v) is 11.9. The number of aryl methyl sites for hydroxylation is 1. The smallest absolute Gasteiger partial charge is 0.255 e. The Labute approximate surface area is 183 Å². The summed E-state index contributed by atoms with van der Waals surface area (Å²) < 4.78 is 11.3. The van der Waals surface area contributed by atoms with E-state index < -0.39 is 0 Å². The molecular formula is C24H30N2O3S. The van der Waals surface area contributed by atoms with E-state index in [9.17, 15) is 4.79 Å². The Morgan fingerprint density at radius 3 is 2.70 bits per heavy atom. The summed E-state index contributed by atoms with van der Waals surface area (Å²) in [4.78, 5) is 15.2. The monoisotopic (exact) mass is 426 g/mol. The Balaban J connectivity index is 1.31. The molecule has 2 aliphatic rings. The number of thioether (sulfide) groups is 1. The highest BCUT2D eigenvalue weighted by atomic mass is 32.2. The second-order valence-electron chi connectivity index (χ2n) is 7.96. The average Bonchev–Trinajstić information content (AvgIpc) is 3.29. The highest BCUT2D eigenvalue weighted by Crippen LogP contribution is 2.21. The van der Waals surface area contributed by atoms with Crippen LogP contribution in [0, 0.1) is 6.92 Å². The maximum atomic E-state index is 12.7. The fourth-order valence-electron chi connectivity index (χ4n) is 3.84. The Morgan fingerprint density at radius 1 is 1.20 bits per heavy atom. The summed E-state index contributed by atoms with van der Waals surface area (Å²) in [5.41, 5.74) is 3.86. The van der Waals surface area contributed by atoms with Crippen molar-refractivity contribution < 1.29 is 14.3 Å². The Morgan fingerprint density at radius 2 is 2.00 bits per heavy atom. The molecule has 0 aliphatic carbocycles. The van der Waals surface area contributed by atoms with E-state index in [1.54, 1.807) is 12.1 Å². The quantitative estimate of drug-likeness (QED) is 0.713. The lowest BCUT2D eigenvalue weighted by atomic mass is 10.1. The molecule has 2 heterocycles. The van der Waals surface area contributed by atoms with Gasteiger partial charge in [0.05, 0.1) is 6.10 Å². The van der Waals surface area contributed by atoms with Crippen LogP contribution in [0.5, 0.6) is 5.75 Å². The second-order valence-corrected chi connectivity index (χ2v) is 9.19. The molecule has 6 heteroatoms. The minimum atomic E-state index is -0.107. The zero-order valence-corrected chi connectivity index (χ0v) is 18.4. The lowest BCUT2D eigenvalue weighted by Gasteiger charge is -2.26. The first-order chi connectivity index (χ1) is 14.7. The van der Waals surface area contributed by atoms with Crippen LogP contribution in [0.25, 0.3) is 0 Å². The molecule has 0 saturated carbocycles. The van der Waals surface area contributed by atoms with Gasteiger partial charge < -0.3 is 14.8 Å². The van der Waals surface area contributed by atoms with Crippen LogP contribution in [0.15, 0.2) is 42.5 Å². The predicted octanol–water partition coefficient (Wildman–Crippen LogP) is 4.35. The van der Waals surface area contributed by atoms with Gasteiger partial charge in [0.25, 0.3) is 5.91 Å². The molecule has 4 rings (SSSR count). The number of carbonyl (C=O) groups excluding carboxylic acids is 1.